The van der Waals surface area contributed by atoms with Gasteiger partial charge in [-0.3, -0.25) is 9.78 Å². The third-order valence-electron chi connectivity index (χ3n) is 5.56. The van der Waals surface area contributed by atoms with E-state index in [1.54, 1.807) is 19.1 Å². The van der Waals surface area contributed by atoms with Gasteiger partial charge < -0.3 is 10.1 Å². The molecule has 1 aromatic carbocycles. The lowest BCUT2D eigenvalue weighted by molar-refractivity contribution is -0.137. The van der Waals surface area contributed by atoms with Gasteiger partial charge in [-0.15, -0.1) is 0 Å². The number of carbonyl (C=O) groups is 1. The molecule has 33 heavy (non-hydrogen) atoms. The van der Waals surface area contributed by atoms with Crippen LogP contribution in [-0.4, -0.2) is 21.3 Å². The maximum atomic E-state index is 13.3. The summed E-state index contributed by atoms with van der Waals surface area (Å²) in [6.45, 7) is 1.72. The molecule has 1 aliphatic heterocycles. The van der Waals surface area contributed by atoms with Gasteiger partial charge in [0, 0.05) is 11.8 Å². The first kappa shape index (κ1) is 23.3. The van der Waals surface area contributed by atoms with Crippen LogP contribution in [-0.2, 0) is 11.0 Å². The number of thioether (sulfide) groups is 1. The summed E-state index contributed by atoms with van der Waals surface area (Å²) in [5.74, 6) is -0.0779. The number of benzene rings is 1. The van der Waals surface area contributed by atoms with Crippen molar-refractivity contribution < 1.29 is 22.7 Å². The molecule has 2 heterocycles. The van der Waals surface area contributed by atoms with Gasteiger partial charge in [0.05, 0.1) is 22.3 Å². The maximum absolute atomic E-state index is 13.3. The van der Waals surface area contributed by atoms with Crippen LogP contribution in [0.5, 0.6) is 5.75 Å². The molecule has 4 rings (SSSR count). The summed E-state index contributed by atoms with van der Waals surface area (Å²) >= 11 is 6.18. The van der Waals surface area contributed by atoms with Crippen molar-refractivity contribution in [2.45, 2.75) is 44.9 Å². The van der Waals surface area contributed by atoms with Crippen LogP contribution in [0, 0.1) is 11.3 Å². The number of nitrogens with zero attached hydrogens (tertiary/aromatic N) is 2. The number of aromatic nitrogens is 1. The zero-order valence-electron chi connectivity index (χ0n) is 17.5. The van der Waals surface area contributed by atoms with Crippen molar-refractivity contribution in [3.05, 3.63) is 52.1 Å². The molecule has 1 aliphatic carbocycles. The Balaban J connectivity index is 1.90. The van der Waals surface area contributed by atoms with Crippen molar-refractivity contribution in [2.75, 3.05) is 0 Å². The van der Waals surface area contributed by atoms with Gasteiger partial charge in [0.2, 0.25) is 0 Å². The minimum atomic E-state index is -4.56. The van der Waals surface area contributed by atoms with Gasteiger partial charge in [0.25, 0.3) is 5.91 Å². The van der Waals surface area contributed by atoms with Crippen molar-refractivity contribution in [3.8, 4) is 23.1 Å². The lowest BCUT2D eigenvalue weighted by atomic mass is 9.96. The van der Waals surface area contributed by atoms with E-state index in [2.05, 4.69) is 16.4 Å². The molecule has 2 aromatic rings. The summed E-state index contributed by atoms with van der Waals surface area (Å²) in [5.41, 5.74) is 0.557. The number of hydrogen-bond donors (Lipinski definition) is 1. The molecule has 2 aliphatic rings. The summed E-state index contributed by atoms with van der Waals surface area (Å²) in [7, 11) is 0. The van der Waals surface area contributed by atoms with Crippen molar-refractivity contribution in [3.63, 3.8) is 0 Å². The molecule has 1 saturated heterocycles. The van der Waals surface area contributed by atoms with E-state index < -0.39 is 11.7 Å². The Morgan fingerprint density at radius 1 is 1.30 bits per heavy atom. The van der Waals surface area contributed by atoms with Crippen LogP contribution < -0.4 is 10.1 Å². The molecule has 1 aromatic heterocycles. The van der Waals surface area contributed by atoms with Gasteiger partial charge in [-0.1, -0.05) is 24.0 Å². The molecule has 170 valence electrons. The van der Waals surface area contributed by atoms with E-state index in [-0.39, 0.29) is 34.6 Å². The van der Waals surface area contributed by atoms with E-state index >= 15 is 0 Å². The van der Waals surface area contributed by atoms with E-state index in [4.69, 9.17) is 17.0 Å². The van der Waals surface area contributed by atoms with Crippen molar-refractivity contribution in [1.29, 1.82) is 5.26 Å². The number of ether oxygens (including phenoxy) is 1. The van der Waals surface area contributed by atoms with Crippen LogP contribution in [0.3, 0.4) is 0 Å². The largest absolute Gasteiger partial charge is 0.489 e. The number of pyridine rings is 1. The number of carbonyl (C=O) groups excluding carboxylic acids is 1. The number of nitrogens with one attached hydrogen (secondary N) is 1. The van der Waals surface area contributed by atoms with Crippen molar-refractivity contribution in [1.82, 2.24) is 10.3 Å². The van der Waals surface area contributed by atoms with E-state index in [0.717, 1.165) is 55.8 Å². The normalized spacial score (nSPS) is 18.3. The summed E-state index contributed by atoms with van der Waals surface area (Å²) in [5, 5.41) is 12.5. The first-order valence-electron chi connectivity index (χ1n) is 10.2. The number of thiocarbonyl (C=S) groups is 1. The Labute approximate surface area is 198 Å². The number of nitriles is 1. The highest BCUT2D eigenvalue weighted by molar-refractivity contribution is 8.26. The zero-order chi connectivity index (χ0) is 23.8. The van der Waals surface area contributed by atoms with Gasteiger partial charge >= 0.3 is 6.18 Å². The van der Waals surface area contributed by atoms with E-state index in [1.807, 2.05) is 0 Å². The Bertz CT molecular complexity index is 1210. The third kappa shape index (κ3) is 4.89. The average molecular weight is 490 g/mol. The minimum absolute atomic E-state index is 0.00338. The van der Waals surface area contributed by atoms with Gasteiger partial charge in [0.15, 0.2) is 0 Å². The SMILES string of the molecule is C/C(=C1/SC(=S)NC1=O)c1cc(OC2CCCC2)c(C#N)c(-c2cc(C(F)(F)F)ccn2)c1. The second-order valence-electron chi connectivity index (χ2n) is 7.76. The fraction of sp³-hybridized carbons (Fsp3) is 0.304. The quantitative estimate of drug-likeness (QED) is 0.430. The summed E-state index contributed by atoms with van der Waals surface area (Å²) in [6.07, 6.45) is 0.0965. The molecular formula is C23H18F3N3O2S2. The maximum Gasteiger partial charge on any atom is 0.416 e. The lowest BCUT2D eigenvalue weighted by Crippen LogP contribution is -2.18. The number of rotatable bonds is 4. The highest BCUT2D eigenvalue weighted by atomic mass is 32.2. The third-order valence-corrected chi connectivity index (χ3v) is 6.90. The number of alkyl halides is 3. The molecule has 1 amide bonds. The summed E-state index contributed by atoms with van der Waals surface area (Å²) < 4.78 is 46.4. The van der Waals surface area contributed by atoms with Crippen molar-refractivity contribution in [2.24, 2.45) is 0 Å². The van der Waals surface area contributed by atoms with Crippen LogP contribution in [0.1, 0.15) is 49.3 Å². The van der Waals surface area contributed by atoms with E-state index in [9.17, 15) is 23.2 Å². The number of hydrogen-bond acceptors (Lipinski definition) is 6. The van der Waals surface area contributed by atoms with Gasteiger partial charge in [-0.25, -0.2) is 0 Å². The van der Waals surface area contributed by atoms with Crippen molar-refractivity contribution >= 4 is 39.8 Å². The molecule has 1 N–H and O–H groups in total. The van der Waals surface area contributed by atoms with E-state index in [0.29, 0.717) is 20.4 Å². The highest BCUT2D eigenvalue weighted by Gasteiger charge is 2.32. The Hall–Kier alpha value is -2.90. The number of halogens is 3. The van der Waals surface area contributed by atoms with Crippen LogP contribution in [0.2, 0.25) is 0 Å². The second-order valence-corrected chi connectivity index (χ2v) is 9.45. The number of allylic oxidation sites excluding steroid dienone is 1. The molecule has 0 radical (unpaired) electrons. The van der Waals surface area contributed by atoms with E-state index in [1.165, 1.54) is 0 Å². The van der Waals surface area contributed by atoms with Crippen LogP contribution in [0.25, 0.3) is 16.8 Å². The smallest absolute Gasteiger partial charge is 0.416 e. The van der Waals surface area contributed by atoms with Crippen LogP contribution in [0.15, 0.2) is 35.4 Å². The fourth-order valence-electron chi connectivity index (χ4n) is 3.87. The summed E-state index contributed by atoms with van der Waals surface area (Å²) in [4.78, 5) is 16.8. The molecule has 5 nitrogen and oxygen atoms in total. The standard InChI is InChI=1S/C23H18F3N3O2S2/c1-12(20-21(30)29-22(32)33-20)13-8-16(18-10-14(6-7-28-18)23(24,25)26)17(11-27)19(9-13)31-15-4-2-3-5-15/h6-10,15H,2-5H2,1H3,(H,29,30,32)/b20-12-. The van der Waals surface area contributed by atoms with Gasteiger partial charge in [-0.05, 0) is 68.0 Å². The van der Waals surface area contributed by atoms with Gasteiger partial charge in [-0.2, -0.15) is 18.4 Å². The first-order valence-corrected chi connectivity index (χ1v) is 11.4. The van der Waals surface area contributed by atoms with Gasteiger partial charge in [0.1, 0.15) is 21.7 Å². The number of amides is 1. The Morgan fingerprint density at radius 3 is 2.64 bits per heavy atom. The molecule has 0 spiro atoms. The molecule has 0 atom stereocenters. The lowest BCUT2D eigenvalue weighted by Gasteiger charge is -2.18. The monoisotopic (exact) mass is 489 g/mol. The predicted molar refractivity (Wildman–Crippen MR) is 123 cm³/mol. The Kier molecular flexibility index (Phi) is 6.45. The highest BCUT2D eigenvalue weighted by Crippen LogP contribution is 2.40. The second kappa shape index (κ2) is 9.15. The molecule has 1 saturated carbocycles. The zero-order valence-corrected chi connectivity index (χ0v) is 19.1. The molecule has 10 heteroatoms. The molecular weight excluding hydrogens is 471 g/mol. The molecule has 0 unspecified atom stereocenters. The van der Waals surface area contributed by atoms with Crippen LogP contribution in [0.4, 0.5) is 13.2 Å². The first-order chi connectivity index (χ1) is 15.7. The summed E-state index contributed by atoms with van der Waals surface area (Å²) in [6, 6.07) is 7.10. The molecule has 2 fully saturated rings. The van der Waals surface area contributed by atoms with Crippen LogP contribution >= 0.6 is 24.0 Å². The molecule has 0 bridgehead atoms. The minimum Gasteiger partial charge on any atom is -0.489 e. The topological polar surface area (TPSA) is 75.0 Å². The fourth-order valence-corrected chi connectivity index (χ4v) is 4.96. The predicted octanol–water partition coefficient (Wildman–Crippen LogP) is 5.84. The average Bonchev–Trinajstić information content (AvgIpc) is 3.41. The Morgan fingerprint density at radius 2 is 2.03 bits per heavy atom.